The Morgan fingerprint density at radius 1 is 1.50 bits per heavy atom. The van der Waals surface area contributed by atoms with Crippen LogP contribution in [0.15, 0.2) is 18.2 Å². The van der Waals surface area contributed by atoms with Gasteiger partial charge in [-0.15, -0.1) is 0 Å². The minimum absolute atomic E-state index is 0.0162. The lowest BCUT2D eigenvalue weighted by Crippen LogP contribution is -2.20. The van der Waals surface area contributed by atoms with Crippen LogP contribution in [-0.4, -0.2) is 21.5 Å². The van der Waals surface area contributed by atoms with Crippen molar-refractivity contribution in [3.8, 4) is 0 Å². The molecule has 0 aliphatic heterocycles. The number of fused-ring (bicyclic) bond motifs is 1. The van der Waals surface area contributed by atoms with Crippen LogP contribution in [0.25, 0.3) is 0 Å². The largest absolute Gasteiger partial charge is 0.293 e. The fraction of sp³-hybridized carbons (Fsp3) is 0.300. The van der Waals surface area contributed by atoms with Crippen LogP contribution >= 0.6 is 11.6 Å². The lowest BCUT2D eigenvalue weighted by molar-refractivity contribution is 0.0999. The van der Waals surface area contributed by atoms with Crippen molar-refractivity contribution in [2.75, 3.05) is 6.26 Å². The van der Waals surface area contributed by atoms with E-state index < -0.39 is 10.8 Å². The second-order valence-electron chi connectivity index (χ2n) is 3.36. The first kappa shape index (κ1) is 9.87. The van der Waals surface area contributed by atoms with Gasteiger partial charge in [-0.25, -0.2) is 0 Å². The number of carbonyl (C=O) groups excluding carboxylic acids is 1. The molecular formula is C10H9ClO2S. The van der Waals surface area contributed by atoms with Crippen LogP contribution in [0.5, 0.6) is 0 Å². The zero-order chi connectivity index (χ0) is 10.3. The van der Waals surface area contributed by atoms with Gasteiger partial charge in [0.05, 0.1) is 0 Å². The van der Waals surface area contributed by atoms with E-state index in [0.29, 0.717) is 17.0 Å². The number of carbonyl (C=O) groups is 1. The number of benzene rings is 1. The lowest BCUT2D eigenvalue weighted by atomic mass is 10.1. The van der Waals surface area contributed by atoms with E-state index >= 15 is 0 Å². The highest BCUT2D eigenvalue weighted by molar-refractivity contribution is 7.85. The molecule has 0 radical (unpaired) electrons. The van der Waals surface area contributed by atoms with Crippen LogP contribution in [-0.2, 0) is 17.2 Å². The summed E-state index contributed by atoms with van der Waals surface area (Å²) in [5.41, 5.74) is 1.59. The van der Waals surface area contributed by atoms with Crippen LogP contribution in [0.1, 0.15) is 15.9 Å². The molecule has 0 bridgehead atoms. The van der Waals surface area contributed by atoms with Gasteiger partial charge in [0.2, 0.25) is 0 Å². The third-order valence-electron chi connectivity index (χ3n) is 2.43. The Balaban J connectivity index is 2.45. The van der Waals surface area contributed by atoms with Crippen LogP contribution < -0.4 is 0 Å². The SMILES string of the molecule is CS(=O)C1Cc2cc(Cl)ccc2C1=O. The van der Waals surface area contributed by atoms with Gasteiger partial charge in [-0.05, 0) is 30.2 Å². The maximum Gasteiger partial charge on any atom is 0.179 e. The predicted octanol–water partition coefficient (Wildman–Crippen LogP) is 1.83. The normalized spacial score (nSPS) is 22.1. The summed E-state index contributed by atoms with van der Waals surface area (Å²) in [6.45, 7) is 0. The highest BCUT2D eigenvalue weighted by Gasteiger charge is 2.32. The number of Topliss-reactive ketones (excluding diaryl/α,β-unsaturated/α-hetero) is 1. The summed E-state index contributed by atoms with van der Waals surface area (Å²) in [5, 5.41) is 0.252. The van der Waals surface area contributed by atoms with Gasteiger partial charge in [0.15, 0.2) is 5.78 Å². The quantitative estimate of drug-likeness (QED) is 0.735. The Morgan fingerprint density at radius 2 is 2.21 bits per heavy atom. The summed E-state index contributed by atoms with van der Waals surface area (Å²) in [6, 6.07) is 5.19. The minimum atomic E-state index is -1.10. The predicted molar refractivity (Wildman–Crippen MR) is 57.3 cm³/mol. The molecule has 0 aromatic heterocycles. The number of rotatable bonds is 1. The zero-order valence-electron chi connectivity index (χ0n) is 7.62. The van der Waals surface area contributed by atoms with E-state index in [1.165, 1.54) is 0 Å². The molecule has 2 rings (SSSR count). The van der Waals surface area contributed by atoms with Gasteiger partial charge < -0.3 is 0 Å². The van der Waals surface area contributed by atoms with Gasteiger partial charge in [-0.1, -0.05) is 11.6 Å². The Bertz CT molecular complexity index is 428. The topological polar surface area (TPSA) is 34.1 Å². The lowest BCUT2D eigenvalue weighted by Gasteiger charge is -2.00. The van der Waals surface area contributed by atoms with Crippen molar-refractivity contribution in [3.63, 3.8) is 0 Å². The van der Waals surface area contributed by atoms with Crippen LogP contribution in [0, 0.1) is 0 Å². The van der Waals surface area contributed by atoms with Gasteiger partial charge in [-0.3, -0.25) is 9.00 Å². The average Bonchev–Trinajstić information content (AvgIpc) is 2.43. The summed E-state index contributed by atoms with van der Waals surface area (Å²) in [6.07, 6.45) is 2.12. The van der Waals surface area contributed by atoms with E-state index in [9.17, 15) is 9.00 Å². The molecule has 1 aliphatic carbocycles. The first-order chi connectivity index (χ1) is 6.59. The molecule has 0 amide bonds. The standard InChI is InChI=1S/C10H9ClO2S/c1-14(13)9-5-6-4-7(11)2-3-8(6)10(9)12/h2-4,9H,5H2,1H3. The first-order valence-electron chi connectivity index (χ1n) is 4.24. The molecule has 1 aromatic carbocycles. The minimum Gasteiger partial charge on any atom is -0.293 e. The second kappa shape index (κ2) is 3.48. The Kier molecular flexibility index (Phi) is 2.45. The number of ketones is 1. The van der Waals surface area contributed by atoms with Gasteiger partial charge in [0.25, 0.3) is 0 Å². The van der Waals surface area contributed by atoms with Gasteiger partial charge in [-0.2, -0.15) is 0 Å². The molecule has 2 nitrogen and oxygen atoms in total. The van der Waals surface area contributed by atoms with E-state index in [-0.39, 0.29) is 11.0 Å². The Hall–Kier alpha value is -0.670. The highest BCUT2D eigenvalue weighted by Crippen LogP contribution is 2.27. The molecule has 0 saturated heterocycles. The van der Waals surface area contributed by atoms with Crippen molar-refractivity contribution >= 4 is 28.2 Å². The molecule has 4 heteroatoms. The van der Waals surface area contributed by atoms with Gasteiger partial charge in [0, 0.05) is 27.6 Å². The Labute approximate surface area is 89.7 Å². The van der Waals surface area contributed by atoms with Gasteiger partial charge in [0.1, 0.15) is 5.25 Å². The highest BCUT2D eigenvalue weighted by atomic mass is 35.5. The monoisotopic (exact) mass is 228 g/mol. The molecule has 14 heavy (non-hydrogen) atoms. The van der Waals surface area contributed by atoms with Crippen molar-refractivity contribution < 1.29 is 9.00 Å². The van der Waals surface area contributed by atoms with E-state index in [2.05, 4.69) is 0 Å². The van der Waals surface area contributed by atoms with E-state index in [0.717, 1.165) is 5.56 Å². The Morgan fingerprint density at radius 3 is 2.86 bits per heavy atom. The molecule has 2 unspecified atom stereocenters. The number of halogens is 1. The fourth-order valence-corrected chi connectivity index (χ4v) is 2.74. The summed E-state index contributed by atoms with van der Waals surface area (Å²) >= 11 is 5.81. The van der Waals surface area contributed by atoms with E-state index in [1.54, 1.807) is 24.5 Å². The molecule has 0 fully saturated rings. The van der Waals surface area contributed by atoms with Crippen molar-refractivity contribution in [2.45, 2.75) is 11.7 Å². The third kappa shape index (κ3) is 1.51. The number of hydrogen-bond donors (Lipinski definition) is 0. The molecular weight excluding hydrogens is 220 g/mol. The number of hydrogen-bond acceptors (Lipinski definition) is 2. The van der Waals surface area contributed by atoms with Crippen molar-refractivity contribution in [1.29, 1.82) is 0 Å². The molecule has 0 heterocycles. The van der Waals surface area contributed by atoms with Crippen molar-refractivity contribution in [3.05, 3.63) is 34.3 Å². The second-order valence-corrected chi connectivity index (χ2v) is 5.36. The molecule has 1 aromatic rings. The fourth-order valence-electron chi connectivity index (χ4n) is 1.71. The van der Waals surface area contributed by atoms with Gasteiger partial charge >= 0.3 is 0 Å². The van der Waals surface area contributed by atoms with Crippen molar-refractivity contribution in [1.82, 2.24) is 0 Å². The summed E-state index contributed by atoms with van der Waals surface area (Å²) < 4.78 is 11.3. The zero-order valence-corrected chi connectivity index (χ0v) is 9.19. The van der Waals surface area contributed by atoms with E-state index in [1.807, 2.05) is 0 Å². The van der Waals surface area contributed by atoms with Crippen LogP contribution in [0.3, 0.4) is 0 Å². The third-order valence-corrected chi connectivity index (χ3v) is 3.85. The summed E-state index contributed by atoms with van der Waals surface area (Å²) in [7, 11) is -1.10. The molecule has 0 spiro atoms. The van der Waals surface area contributed by atoms with Crippen LogP contribution in [0.2, 0.25) is 5.02 Å². The molecule has 0 N–H and O–H groups in total. The molecule has 74 valence electrons. The van der Waals surface area contributed by atoms with E-state index in [4.69, 9.17) is 11.6 Å². The molecule has 2 atom stereocenters. The maximum atomic E-state index is 11.7. The maximum absolute atomic E-state index is 11.7. The van der Waals surface area contributed by atoms with Crippen LogP contribution in [0.4, 0.5) is 0 Å². The summed E-state index contributed by atoms with van der Waals surface area (Å²) in [5.74, 6) is -0.0162. The average molecular weight is 229 g/mol. The molecule has 0 saturated carbocycles. The smallest absolute Gasteiger partial charge is 0.179 e. The molecule has 1 aliphatic rings. The van der Waals surface area contributed by atoms with Crippen molar-refractivity contribution in [2.24, 2.45) is 0 Å². The first-order valence-corrected chi connectivity index (χ1v) is 6.24. The summed E-state index contributed by atoms with van der Waals surface area (Å²) in [4.78, 5) is 11.7.